The number of unbranched alkanes of at least 4 members (excludes halogenated alkanes) is 2. The van der Waals surface area contributed by atoms with E-state index >= 15 is 19.2 Å². The molecule has 0 radical (unpaired) electrons. The minimum absolute atomic E-state index is 0.00353. The molecule has 3 heterocycles. The van der Waals surface area contributed by atoms with Gasteiger partial charge in [0, 0.05) is 174 Å². The first-order valence-electron chi connectivity index (χ1n) is 50.1. The van der Waals surface area contributed by atoms with E-state index in [0.717, 1.165) is 40.3 Å². The molecule has 40 N–H and O–H groups in total. The summed E-state index contributed by atoms with van der Waals surface area (Å²) in [4.78, 5) is 176. The summed E-state index contributed by atoms with van der Waals surface area (Å²) in [6.45, 7) is 16.1. The van der Waals surface area contributed by atoms with E-state index in [9.17, 15) is 51.3 Å². The number of imide groups is 1. The number of benzene rings is 2. The first-order valence-corrected chi connectivity index (χ1v) is 52.6. The van der Waals surface area contributed by atoms with Gasteiger partial charge in [-0.25, -0.2) is 0 Å². The van der Waals surface area contributed by atoms with Crippen LogP contribution < -0.4 is 126 Å². The van der Waals surface area contributed by atoms with E-state index in [1.165, 1.54) is 28.9 Å². The number of amides is 8. The van der Waals surface area contributed by atoms with E-state index in [1.807, 2.05) is 38.2 Å². The molecule has 1 fully saturated rings. The molecule has 10 atom stereocenters. The zero-order valence-corrected chi connectivity index (χ0v) is 87.4. The van der Waals surface area contributed by atoms with E-state index in [1.54, 1.807) is 13.0 Å². The van der Waals surface area contributed by atoms with Crippen molar-refractivity contribution in [2.45, 2.75) is 261 Å². The molecule has 0 aliphatic carbocycles. The van der Waals surface area contributed by atoms with Crippen molar-refractivity contribution in [2.24, 2.45) is 81.2 Å². The lowest BCUT2D eigenvalue weighted by atomic mass is 9.81. The smallest absolute Gasteiger partial charge is 0.294 e. The van der Waals surface area contributed by atoms with Crippen LogP contribution in [0.25, 0.3) is 0 Å². The van der Waals surface area contributed by atoms with E-state index in [2.05, 4.69) is 131 Å². The highest BCUT2D eigenvalue weighted by atomic mass is 32.2. The number of carbonyl (C=O) groups is 12. The van der Waals surface area contributed by atoms with Gasteiger partial charge in [0.2, 0.25) is 52.9 Å². The van der Waals surface area contributed by atoms with Gasteiger partial charge >= 0.3 is 0 Å². The summed E-state index contributed by atoms with van der Waals surface area (Å²) in [7, 11) is -4.52. The molecular weight excluding hydrogens is 1930 g/mol. The highest BCUT2D eigenvalue weighted by molar-refractivity contribution is 8.00. The molecular formula is C97H160N33O15S2+. The molecule has 2 aromatic carbocycles. The summed E-state index contributed by atoms with van der Waals surface area (Å²) < 4.78 is 37.2. The third-order valence-electron chi connectivity index (χ3n) is 26.0. The average molecular weight is 2090 g/mol. The second-order valence-electron chi connectivity index (χ2n) is 38.2. The van der Waals surface area contributed by atoms with Gasteiger partial charge in [-0.1, -0.05) is 57.0 Å². The van der Waals surface area contributed by atoms with Crippen molar-refractivity contribution in [1.82, 2.24) is 74.0 Å². The largest absolute Gasteiger partial charge is 0.370 e. The Morgan fingerprint density at radius 2 is 0.844 bits per heavy atom. The van der Waals surface area contributed by atoms with Crippen LogP contribution in [0.3, 0.4) is 0 Å². The topological polar surface area (TPSA) is 850 Å². The summed E-state index contributed by atoms with van der Waals surface area (Å²) in [5.41, 5.74) is 57.0. The fourth-order valence-electron chi connectivity index (χ4n) is 18.0. The Labute approximate surface area is 864 Å². The average Bonchev–Trinajstić information content (AvgIpc) is 1.59. The van der Waals surface area contributed by atoms with E-state index < -0.39 is 195 Å². The van der Waals surface area contributed by atoms with Crippen molar-refractivity contribution in [3.05, 3.63) is 89.2 Å². The van der Waals surface area contributed by atoms with Gasteiger partial charge in [0.25, 0.3) is 10.1 Å². The lowest BCUT2D eigenvalue weighted by Gasteiger charge is -2.27. The number of fused-ring (bicyclic) bond motifs is 2. The van der Waals surface area contributed by atoms with Crippen LogP contribution in [-0.2, 0) is 78.5 Å². The molecule has 814 valence electrons. The number of hydrogen-bond acceptors (Lipinski definition) is 24. The molecule has 3 aliphatic rings. The van der Waals surface area contributed by atoms with Crippen LogP contribution in [-0.4, -0.2) is 260 Å². The number of carbonyl (C=O) groups excluding carboxylic acids is 12. The zero-order valence-electron chi connectivity index (χ0n) is 85.7. The van der Waals surface area contributed by atoms with Gasteiger partial charge in [0.05, 0.1) is 45.6 Å². The van der Waals surface area contributed by atoms with E-state index in [4.69, 9.17) is 94.9 Å². The monoisotopic (exact) mass is 2090 g/mol. The Morgan fingerprint density at radius 1 is 0.456 bits per heavy atom. The van der Waals surface area contributed by atoms with Crippen LogP contribution in [0.5, 0.6) is 0 Å². The Bertz CT molecular complexity index is 5240. The van der Waals surface area contributed by atoms with Gasteiger partial charge in [0.1, 0.15) is 6.54 Å². The number of rotatable bonds is 71. The Kier molecular flexibility index (Phi) is 52.4. The van der Waals surface area contributed by atoms with Crippen LogP contribution in [0.4, 0.5) is 11.4 Å². The number of nitrogens with zero attached hydrogens (tertiary/aromatic N) is 3. The third-order valence-corrected chi connectivity index (χ3v) is 28.2. The van der Waals surface area contributed by atoms with Gasteiger partial charge < -0.3 is 126 Å². The fourth-order valence-corrected chi connectivity index (χ4v) is 19.8. The minimum Gasteiger partial charge on any atom is -0.370 e. The number of anilines is 1. The molecule has 50 heteroatoms. The first-order chi connectivity index (χ1) is 69.4. The highest BCUT2D eigenvalue weighted by Crippen LogP contribution is 2.49. The SMILES string of the molecule is CC[C@H](CCCNC(=N)N)C(=O)N[C@H](CCCNC(=N)N)C(=O)C[C@H](CCCNC(=N)N)C(=O)N[C@H](CCCNC(=N)N)C(=O)C[C@H](CCCNC(=N)N)C(=O)N[C@H](CCCNC(=N)N)C(=O)C[C@H](CCCNC(=N)N)C(=O)N[C@H](CCCNC(=N)N)C(=O)C[C@H](CSC1CC(=O)N(CCNC(=O)CCCCCN2/C(=C/C=C/C=C/C3=[N+](CC)c4ccc(C)cc4C3(C)C)C(C)(C)c3cc(S(=O)(=O)O)ccc32)C1=O)C(N)=O. The number of likely N-dealkylation sites (tertiary alicyclic amines) is 1. The molecule has 0 aromatic heterocycles. The Hall–Kier alpha value is -13.8. The second kappa shape index (κ2) is 62.2. The number of aryl methyl sites for hydroxylation is 1. The number of guanidine groups is 8. The summed E-state index contributed by atoms with van der Waals surface area (Å²) in [6.07, 6.45) is 10.6. The summed E-state index contributed by atoms with van der Waals surface area (Å²) in [6, 6.07) is 5.62. The number of thioether (sulfide) groups is 1. The molecule has 1 unspecified atom stereocenters. The van der Waals surface area contributed by atoms with E-state index in [-0.39, 0.29) is 201 Å². The Morgan fingerprint density at radius 3 is 1.22 bits per heavy atom. The second-order valence-corrected chi connectivity index (χ2v) is 40.8. The maximum absolute atomic E-state index is 15.2. The molecule has 48 nitrogen and oxygen atoms in total. The summed E-state index contributed by atoms with van der Waals surface area (Å²) >= 11 is 0.916. The number of allylic oxidation sites excluding steroid dienone is 6. The molecule has 0 spiro atoms. The molecule has 147 heavy (non-hydrogen) atoms. The third kappa shape index (κ3) is 42.7. The predicted molar refractivity (Wildman–Crippen MR) is 568 cm³/mol. The van der Waals surface area contributed by atoms with Gasteiger partial charge in [-0.05, 0) is 186 Å². The van der Waals surface area contributed by atoms with Crippen LogP contribution in [0.1, 0.15) is 225 Å². The molecule has 5 rings (SSSR count). The maximum Gasteiger partial charge on any atom is 0.294 e. The fraction of sp³-hybridized carbons (Fsp3) is 0.598. The number of nitrogens with one attached hydrogen (secondary N) is 21. The molecule has 3 aliphatic heterocycles. The number of hydrogen-bond donors (Lipinski definition) is 31. The molecule has 8 amide bonds. The van der Waals surface area contributed by atoms with Crippen LogP contribution >= 0.6 is 11.8 Å². The number of nitrogens with two attached hydrogens (primary N) is 9. The number of primary amides is 1. The zero-order chi connectivity index (χ0) is 109. The Balaban J connectivity index is 1.33. The number of Topliss-reactive ketones (excluding diaryl/α,β-unsaturated/α-hetero) is 4. The van der Waals surface area contributed by atoms with Crippen LogP contribution in [0.15, 0.2) is 77.4 Å². The van der Waals surface area contributed by atoms with E-state index in [0.29, 0.717) is 57.2 Å². The standard InChI is InChI=1S/C97H159N33O15S2/c1-8-59(24-16-39-116-88(99)100)83(138)124-67(28-20-43-120-92(107)108)73(131)51-60(25-17-40-117-89(101)102)84(139)125-68(29-21-44-121-93(109)110)74(132)52-61(26-18-41-118-90(103)104)85(140)126-69(30-22-45-122-94(111)112)75(133)53-62(27-19-42-119-91(105)106)86(141)127-70(31-23-46-123-95(113)114)76(134)54-63(82(98)137)57-146-77-56-81(136)130(87(77)142)49-47-115-80(135)34-14-11-15-48-129-72-38-36-64(147(143,144)145)55-66(72)97(6,7)79(129)33-13-10-12-32-78-96(4,5)65-50-58(3)35-37-71(65)128(78)9-2/h10,12-13,32-33,35-38,50,55,59-63,67-70,77H,8-9,11,14-31,34,39-49,51-54,56-57H2,1-7H3,(H39-,98,99,100,101,102,103,104,105,106,107,108,109,110,111,112,113,114,115,116,117,118,119,120,121,122,123,124,125,126,127,135,137,138,139,140,141,143,144,145)/p+1/t59-,60+,61+,62+,63-,67-,68-,69-,70-,77?/m1/s1. The van der Waals surface area contributed by atoms with Crippen LogP contribution in [0.2, 0.25) is 0 Å². The predicted octanol–water partition coefficient (Wildman–Crippen LogP) is 0.828. The van der Waals surface area contributed by atoms with Gasteiger partial charge in [-0.15, -0.1) is 11.8 Å². The molecule has 0 saturated carbocycles. The molecule has 1 saturated heterocycles. The van der Waals surface area contributed by atoms with Crippen LogP contribution in [0, 0.1) is 79.8 Å². The van der Waals surface area contributed by atoms with Crippen molar-refractivity contribution in [3.8, 4) is 0 Å². The van der Waals surface area contributed by atoms with Crippen molar-refractivity contribution >= 4 is 157 Å². The van der Waals surface area contributed by atoms with Crippen molar-refractivity contribution in [3.63, 3.8) is 0 Å². The van der Waals surface area contributed by atoms with Gasteiger partial charge in [0.15, 0.2) is 76.5 Å². The van der Waals surface area contributed by atoms with Gasteiger partial charge in [-0.2, -0.15) is 13.0 Å². The highest BCUT2D eigenvalue weighted by Gasteiger charge is 2.46. The number of ketones is 4. The summed E-state index contributed by atoms with van der Waals surface area (Å²) in [5.74, 6) is -17.1. The van der Waals surface area contributed by atoms with Gasteiger partial charge in [-0.3, -0.25) is 110 Å². The molecule has 2 aromatic rings. The lowest BCUT2D eigenvalue weighted by Crippen LogP contribution is -2.49. The quantitative estimate of drug-likeness (QED) is 0.00829. The minimum atomic E-state index is -4.52. The van der Waals surface area contributed by atoms with Crippen molar-refractivity contribution in [2.75, 3.05) is 89.2 Å². The maximum atomic E-state index is 15.2. The first kappa shape index (κ1) is 124. The van der Waals surface area contributed by atoms with Crippen molar-refractivity contribution < 1.29 is 75.1 Å². The normalized spacial score (nSPS) is 16.1. The summed E-state index contributed by atoms with van der Waals surface area (Å²) in [5, 5.41) is 96.3. The van der Waals surface area contributed by atoms with Crippen molar-refractivity contribution in [1.29, 1.82) is 43.3 Å². The molecule has 0 bridgehead atoms. The lowest BCUT2D eigenvalue weighted by molar-refractivity contribution is -0.433.